The zero-order valence-corrected chi connectivity index (χ0v) is 25.6. The number of nitrogens with zero attached hydrogens (tertiary/aromatic N) is 6. The van der Waals surface area contributed by atoms with Crippen molar-refractivity contribution < 1.29 is 4.79 Å². The van der Waals surface area contributed by atoms with E-state index in [-0.39, 0.29) is 5.91 Å². The third-order valence-corrected chi connectivity index (χ3v) is 8.76. The minimum atomic E-state index is -0.122. The van der Waals surface area contributed by atoms with Crippen LogP contribution in [0.4, 0.5) is 5.69 Å². The molecule has 0 radical (unpaired) electrons. The highest BCUT2D eigenvalue weighted by Crippen LogP contribution is 2.28. The Morgan fingerprint density at radius 2 is 1.72 bits per heavy atom. The molecule has 218 valence electrons. The van der Waals surface area contributed by atoms with Crippen molar-refractivity contribution in [1.82, 2.24) is 29.1 Å². The molecule has 3 aromatic heterocycles. The van der Waals surface area contributed by atoms with E-state index in [0.717, 1.165) is 76.9 Å². The summed E-state index contributed by atoms with van der Waals surface area (Å²) in [4.78, 5) is 32.8. The average Bonchev–Trinajstić information content (AvgIpc) is 3.47. The molecule has 1 fully saturated rings. The summed E-state index contributed by atoms with van der Waals surface area (Å²) < 4.78 is 4.39. The van der Waals surface area contributed by atoms with Gasteiger partial charge in [-0.05, 0) is 91.6 Å². The molecule has 0 unspecified atom stereocenters. The second kappa shape index (κ2) is 12.9. The van der Waals surface area contributed by atoms with Crippen LogP contribution in [0.25, 0.3) is 21.7 Å². The molecule has 1 saturated heterocycles. The number of anilines is 1. The number of carbonyl (C=O) groups is 1. The van der Waals surface area contributed by atoms with Crippen LogP contribution in [-0.4, -0.2) is 68.3 Å². The molecule has 0 aliphatic carbocycles. The van der Waals surface area contributed by atoms with Crippen LogP contribution in [0.5, 0.6) is 0 Å². The summed E-state index contributed by atoms with van der Waals surface area (Å²) in [5.41, 5.74) is 8.56. The van der Waals surface area contributed by atoms with Gasteiger partial charge >= 0.3 is 0 Å². The van der Waals surface area contributed by atoms with Gasteiger partial charge in [-0.3, -0.25) is 14.7 Å². The fraction of sp³-hybridized carbons (Fsp3) is 0.265. The minimum Gasteiger partial charge on any atom is -0.322 e. The van der Waals surface area contributed by atoms with Gasteiger partial charge in [-0.15, -0.1) is 0 Å². The van der Waals surface area contributed by atoms with Gasteiger partial charge in [0.05, 0.1) is 16.3 Å². The lowest BCUT2D eigenvalue weighted by Gasteiger charge is -2.32. The molecule has 6 rings (SSSR count). The third-order valence-electron chi connectivity index (χ3n) is 7.83. The first-order valence-corrected chi connectivity index (χ1v) is 15.3. The first kappa shape index (κ1) is 28.8. The van der Waals surface area contributed by atoms with E-state index in [9.17, 15) is 4.79 Å². The van der Waals surface area contributed by atoms with Gasteiger partial charge in [-0.25, -0.2) is 9.97 Å². The number of hydrogen-bond acceptors (Lipinski definition) is 8. The molecular weight excluding hydrogens is 554 g/mol. The molecule has 0 spiro atoms. The third kappa shape index (κ3) is 7.19. The molecule has 1 aliphatic rings. The molecular formula is C34H35N7OS. The molecule has 1 aliphatic heterocycles. The normalized spacial score (nSPS) is 14.1. The first-order chi connectivity index (χ1) is 20.9. The van der Waals surface area contributed by atoms with Gasteiger partial charge in [0.25, 0.3) is 5.91 Å². The summed E-state index contributed by atoms with van der Waals surface area (Å²) in [6.07, 6.45) is 6.01. The smallest absolute Gasteiger partial charge is 0.255 e. The van der Waals surface area contributed by atoms with Crippen LogP contribution in [0, 0.1) is 13.8 Å². The Labute approximate surface area is 256 Å². The number of benzene rings is 2. The lowest BCUT2D eigenvalue weighted by Crippen LogP contribution is -2.43. The van der Waals surface area contributed by atoms with Crippen LogP contribution in [0.15, 0.2) is 79.3 Å². The van der Waals surface area contributed by atoms with Crippen molar-refractivity contribution in [3.63, 3.8) is 0 Å². The van der Waals surface area contributed by atoms with Crippen LogP contribution in [0.2, 0.25) is 0 Å². The van der Waals surface area contributed by atoms with Crippen LogP contribution >= 0.6 is 11.5 Å². The quantitative estimate of drug-likeness (QED) is 0.242. The number of aromatic nitrogens is 4. The maximum absolute atomic E-state index is 13.1. The number of pyridine rings is 1. The Balaban J connectivity index is 1.12. The van der Waals surface area contributed by atoms with E-state index in [2.05, 4.69) is 67.7 Å². The second-order valence-electron chi connectivity index (χ2n) is 11.2. The Morgan fingerprint density at radius 1 is 0.930 bits per heavy atom. The molecule has 1 N–H and O–H groups in total. The molecule has 0 atom stereocenters. The number of likely N-dealkylation sites (N-methyl/N-ethyl adjacent to an activating group) is 1. The zero-order valence-electron chi connectivity index (χ0n) is 24.7. The Bertz CT molecular complexity index is 1730. The van der Waals surface area contributed by atoms with E-state index in [1.54, 1.807) is 6.20 Å². The lowest BCUT2D eigenvalue weighted by atomic mass is 10.0. The van der Waals surface area contributed by atoms with Gasteiger partial charge < -0.3 is 10.2 Å². The van der Waals surface area contributed by atoms with Crippen molar-refractivity contribution in [2.24, 2.45) is 0 Å². The summed E-state index contributed by atoms with van der Waals surface area (Å²) in [5.74, 6) is 0.585. The number of nitrogens with one attached hydrogen (secondary N) is 1. The van der Waals surface area contributed by atoms with E-state index in [4.69, 9.17) is 4.98 Å². The molecule has 5 aromatic rings. The predicted molar refractivity (Wildman–Crippen MR) is 172 cm³/mol. The number of carbonyl (C=O) groups excluding carboxylic acids is 1. The Hall–Kier alpha value is -4.31. The highest BCUT2D eigenvalue weighted by atomic mass is 32.1. The monoisotopic (exact) mass is 589 g/mol. The van der Waals surface area contributed by atoms with Gasteiger partial charge in [-0.1, -0.05) is 18.2 Å². The van der Waals surface area contributed by atoms with Crippen LogP contribution in [-0.2, 0) is 13.0 Å². The Kier molecular flexibility index (Phi) is 8.64. The van der Waals surface area contributed by atoms with E-state index < -0.39 is 0 Å². The summed E-state index contributed by atoms with van der Waals surface area (Å²) in [7, 11) is 2.16. The number of hydrogen-bond donors (Lipinski definition) is 1. The van der Waals surface area contributed by atoms with E-state index >= 15 is 0 Å². The van der Waals surface area contributed by atoms with E-state index in [0.29, 0.717) is 17.8 Å². The molecule has 8 nitrogen and oxygen atoms in total. The van der Waals surface area contributed by atoms with Crippen molar-refractivity contribution >= 4 is 23.1 Å². The van der Waals surface area contributed by atoms with Crippen LogP contribution < -0.4 is 5.32 Å². The predicted octanol–water partition coefficient (Wildman–Crippen LogP) is 5.87. The van der Waals surface area contributed by atoms with Gasteiger partial charge in [-0.2, -0.15) is 4.37 Å². The molecule has 4 heterocycles. The topological polar surface area (TPSA) is 87.1 Å². The molecule has 0 bridgehead atoms. The SMILES string of the molecule is Cc1cc(-c2cncc(-c3ccnc(Cc4cc(NC(=O)c5ccc(CN6CCN(C)CC6)cc5)ccc4C)n3)c2)sn1. The highest BCUT2D eigenvalue weighted by molar-refractivity contribution is 7.09. The molecule has 0 saturated carbocycles. The lowest BCUT2D eigenvalue weighted by molar-refractivity contribution is 0.102. The minimum absolute atomic E-state index is 0.122. The summed E-state index contributed by atoms with van der Waals surface area (Å²) in [5, 5.41) is 3.07. The van der Waals surface area contributed by atoms with Gasteiger partial charge in [0.2, 0.25) is 0 Å². The summed E-state index contributed by atoms with van der Waals surface area (Å²) in [6.45, 7) is 9.29. The zero-order chi connectivity index (χ0) is 29.8. The van der Waals surface area contributed by atoms with Crippen molar-refractivity contribution in [2.75, 3.05) is 38.5 Å². The van der Waals surface area contributed by atoms with Crippen molar-refractivity contribution in [3.8, 4) is 21.7 Å². The van der Waals surface area contributed by atoms with E-state index in [1.165, 1.54) is 17.1 Å². The highest BCUT2D eigenvalue weighted by Gasteiger charge is 2.15. The average molecular weight is 590 g/mol. The maximum Gasteiger partial charge on any atom is 0.255 e. The fourth-order valence-corrected chi connectivity index (χ4v) is 5.93. The van der Waals surface area contributed by atoms with Crippen LogP contribution in [0.1, 0.15) is 38.6 Å². The van der Waals surface area contributed by atoms with Crippen molar-refractivity contribution in [3.05, 3.63) is 113 Å². The number of rotatable bonds is 8. The molecule has 1 amide bonds. The second-order valence-corrected chi connectivity index (χ2v) is 12.0. The maximum atomic E-state index is 13.1. The van der Waals surface area contributed by atoms with Crippen molar-refractivity contribution in [1.29, 1.82) is 0 Å². The van der Waals surface area contributed by atoms with Gasteiger partial charge in [0.1, 0.15) is 5.82 Å². The van der Waals surface area contributed by atoms with Crippen LogP contribution in [0.3, 0.4) is 0 Å². The largest absolute Gasteiger partial charge is 0.322 e. The van der Waals surface area contributed by atoms with Crippen molar-refractivity contribution in [2.45, 2.75) is 26.8 Å². The van der Waals surface area contributed by atoms with Gasteiger partial charge in [0.15, 0.2) is 0 Å². The summed E-state index contributed by atoms with van der Waals surface area (Å²) in [6, 6.07) is 20.0. The van der Waals surface area contributed by atoms with E-state index in [1.807, 2.05) is 55.7 Å². The molecule has 2 aromatic carbocycles. The first-order valence-electron chi connectivity index (χ1n) is 14.5. The number of aryl methyl sites for hydroxylation is 2. The standard InChI is InChI=1S/C34H35N7OS/c1-23-4-9-30(37-34(42)26-7-5-25(6-8-26)22-41-14-12-40(3)13-15-41)18-27(23)19-33-36-11-10-31(38-33)28-17-29(21-35-20-28)32-16-24(2)39-43-32/h4-11,16-18,20-21H,12-15,19,22H2,1-3H3,(H,37,42). The molecule has 9 heteroatoms. The Morgan fingerprint density at radius 3 is 2.49 bits per heavy atom. The number of amides is 1. The van der Waals surface area contributed by atoms with Gasteiger partial charge in [0, 0.05) is 80.1 Å². The number of piperazine rings is 1. The molecule has 43 heavy (non-hydrogen) atoms. The fourth-order valence-electron chi connectivity index (χ4n) is 5.20. The summed E-state index contributed by atoms with van der Waals surface area (Å²) >= 11 is 1.47.